The van der Waals surface area contributed by atoms with Crippen LogP contribution in [-0.4, -0.2) is 19.4 Å². The van der Waals surface area contributed by atoms with Gasteiger partial charge in [-0.1, -0.05) is 13.8 Å². The number of nitrogens with two attached hydrogens (primary N) is 1. The molecule has 0 saturated carbocycles. The Hall–Kier alpha value is -1.49. The molecule has 0 spiro atoms. The van der Waals surface area contributed by atoms with E-state index in [0.29, 0.717) is 13.0 Å². The first kappa shape index (κ1) is 14.6. The van der Waals surface area contributed by atoms with Crippen LogP contribution >= 0.6 is 0 Å². The molecule has 0 aliphatic heterocycles. The number of hydrogen-bond acceptors (Lipinski definition) is 3. The number of methoxy groups -OCH3 is 1. The number of carbonyl (C=O) groups excluding carboxylic acids is 1. The zero-order valence-corrected chi connectivity index (χ0v) is 10.7. The van der Waals surface area contributed by atoms with Crippen molar-refractivity contribution in [1.82, 2.24) is 0 Å². The second-order valence-electron chi connectivity index (χ2n) is 4.72. The second kappa shape index (κ2) is 5.44. The normalized spacial score (nSPS) is 11.4. The quantitative estimate of drug-likeness (QED) is 0.825. The summed E-state index contributed by atoms with van der Waals surface area (Å²) in [6.45, 7) is 3.62. The minimum atomic E-state index is -0.823. The minimum Gasteiger partial charge on any atom is -0.494 e. The van der Waals surface area contributed by atoms with Crippen molar-refractivity contribution in [2.24, 2.45) is 11.1 Å². The molecule has 3 nitrogen and oxygen atoms in total. The highest BCUT2D eigenvalue weighted by molar-refractivity contribution is 6.00. The van der Waals surface area contributed by atoms with E-state index < -0.39 is 22.8 Å². The minimum absolute atomic E-state index is 0.222. The summed E-state index contributed by atoms with van der Waals surface area (Å²) in [6.07, 6.45) is 0.402. The molecule has 0 heterocycles. The lowest BCUT2D eigenvalue weighted by molar-refractivity contribution is 0.0824. The van der Waals surface area contributed by atoms with Gasteiger partial charge < -0.3 is 10.5 Å². The molecule has 0 atom stereocenters. The highest BCUT2D eigenvalue weighted by atomic mass is 19.1. The molecule has 1 rings (SSSR count). The third-order valence-electron chi connectivity index (χ3n) is 2.87. The van der Waals surface area contributed by atoms with Crippen molar-refractivity contribution in [3.05, 3.63) is 29.3 Å². The van der Waals surface area contributed by atoms with Crippen molar-refractivity contribution >= 4 is 5.78 Å². The van der Waals surface area contributed by atoms with Crippen molar-refractivity contribution in [2.45, 2.75) is 20.3 Å². The molecule has 1 aromatic rings. The number of carbonyl (C=O) groups is 1. The van der Waals surface area contributed by atoms with Crippen LogP contribution in [-0.2, 0) is 0 Å². The maximum atomic E-state index is 13.7. The molecule has 0 fully saturated rings. The zero-order chi connectivity index (χ0) is 13.9. The summed E-state index contributed by atoms with van der Waals surface area (Å²) in [4.78, 5) is 12.1. The molecule has 0 unspecified atom stereocenters. The molecular weight excluding hydrogens is 240 g/mol. The molecule has 1 aromatic carbocycles. The number of hydrogen-bond donors (Lipinski definition) is 1. The predicted octanol–water partition coefficient (Wildman–Crippen LogP) is 2.53. The largest absolute Gasteiger partial charge is 0.494 e. The van der Waals surface area contributed by atoms with Crippen LogP contribution in [0.25, 0.3) is 0 Å². The van der Waals surface area contributed by atoms with Crippen LogP contribution in [0.15, 0.2) is 12.1 Å². The topological polar surface area (TPSA) is 52.3 Å². The molecule has 0 aliphatic carbocycles. The van der Waals surface area contributed by atoms with Crippen LogP contribution in [0.2, 0.25) is 0 Å². The van der Waals surface area contributed by atoms with Crippen LogP contribution in [0.1, 0.15) is 30.6 Å². The van der Waals surface area contributed by atoms with Crippen molar-refractivity contribution in [1.29, 1.82) is 0 Å². The van der Waals surface area contributed by atoms with E-state index >= 15 is 0 Å². The van der Waals surface area contributed by atoms with E-state index in [1.54, 1.807) is 13.8 Å². The Bertz CT molecular complexity index is 459. The summed E-state index contributed by atoms with van der Waals surface area (Å²) in [6, 6.07) is 1.75. The van der Waals surface area contributed by atoms with Gasteiger partial charge in [-0.2, -0.15) is 0 Å². The molecule has 0 saturated heterocycles. The van der Waals surface area contributed by atoms with Crippen molar-refractivity contribution in [3.8, 4) is 5.75 Å². The Balaban J connectivity index is 3.18. The van der Waals surface area contributed by atoms with Gasteiger partial charge >= 0.3 is 0 Å². The van der Waals surface area contributed by atoms with Gasteiger partial charge in [0.05, 0.1) is 12.7 Å². The number of ketones is 1. The standard InChI is InChI=1S/C13H17F2NO2/c1-13(2,4-5-16)12(17)8-6-10(15)11(18-3)7-9(8)14/h6-7H,4-5,16H2,1-3H3. The number of benzene rings is 1. The molecule has 0 aromatic heterocycles. The molecule has 2 N–H and O–H groups in total. The Morgan fingerprint density at radius 3 is 2.44 bits per heavy atom. The molecule has 100 valence electrons. The SMILES string of the molecule is COc1cc(F)c(C(=O)C(C)(C)CCN)cc1F. The molecule has 0 bridgehead atoms. The van der Waals surface area contributed by atoms with Crippen LogP contribution in [0.5, 0.6) is 5.75 Å². The highest BCUT2D eigenvalue weighted by Crippen LogP contribution is 2.29. The van der Waals surface area contributed by atoms with E-state index in [1.807, 2.05) is 0 Å². The van der Waals surface area contributed by atoms with Gasteiger partial charge in [-0.15, -0.1) is 0 Å². The molecule has 18 heavy (non-hydrogen) atoms. The monoisotopic (exact) mass is 257 g/mol. The predicted molar refractivity (Wildman–Crippen MR) is 64.7 cm³/mol. The number of halogens is 2. The van der Waals surface area contributed by atoms with Crippen LogP contribution in [0.3, 0.4) is 0 Å². The summed E-state index contributed by atoms with van der Waals surface area (Å²) in [5.41, 5.74) is 4.31. The zero-order valence-electron chi connectivity index (χ0n) is 10.7. The number of Topliss-reactive ketones (excluding diaryl/α,β-unsaturated/α-hetero) is 1. The fraction of sp³-hybridized carbons (Fsp3) is 0.462. The smallest absolute Gasteiger partial charge is 0.171 e. The average Bonchev–Trinajstić information content (AvgIpc) is 2.30. The molecule has 0 radical (unpaired) electrons. The second-order valence-corrected chi connectivity index (χ2v) is 4.72. The first-order chi connectivity index (χ1) is 8.33. The Labute approximate surface area is 105 Å². The summed E-state index contributed by atoms with van der Waals surface area (Å²) >= 11 is 0. The summed E-state index contributed by atoms with van der Waals surface area (Å²) < 4.78 is 31.9. The van der Waals surface area contributed by atoms with Crippen molar-refractivity contribution in [2.75, 3.05) is 13.7 Å². The van der Waals surface area contributed by atoms with Gasteiger partial charge in [0.25, 0.3) is 0 Å². The first-order valence-corrected chi connectivity index (χ1v) is 5.61. The van der Waals surface area contributed by atoms with Crippen LogP contribution in [0, 0.1) is 17.0 Å². The summed E-state index contributed by atoms with van der Waals surface area (Å²) in [5, 5.41) is 0. The molecule has 5 heteroatoms. The lowest BCUT2D eigenvalue weighted by Gasteiger charge is -2.22. The van der Waals surface area contributed by atoms with E-state index in [2.05, 4.69) is 4.74 Å². The molecule has 0 aliphatic rings. The van der Waals surface area contributed by atoms with Crippen LogP contribution in [0.4, 0.5) is 8.78 Å². The van der Waals surface area contributed by atoms with E-state index in [4.69, 9.17) is 5.73 Å². The van der Waals surface area contributed by atoms with Gasteiger partial charge in [-0.05, 0) is 19.0 Å². The number of rotatable bonds is 5. The fourth-order valence-electron chi connectivity index (χ4n) is 1.70. The van der Waals surface area contributed by atoms with E-state index in [9.17, 15) is 13.6 Å². The maximum Gasteiger partial charge on any atom is 0.171 e. The Kier molecular flexibility index (Phi) is 4.40. The Morgan fingerprint density at radius 2 is 1.94 bits per heavy atom. The highest BCUT2D eigenvalue weighted by Gasteiger charge is 2.30. The van der Waals surface area contributed by atoms with Gasteiger partial charge in [0.2, 0.25) is 0 Å². The van der Waals surface area contributed by atoms with E-state index in [-0.39, 0.29) is 11.3 Å². The third-order valence-corrected chi connectivity index (χ3v) is 2.87. The van der Waals surface area contributed by atoms with Crippen molar-refractivity contribution in [3.63, 3.8) is 0 Å². The third kappa shape index (κ3) is 2.85. The van der Waals surface area contributed by atoms with Gasteiger partial charge in [0.1, 0.15) is 5.82 Å². The Morgan fingerprint density at radius 1 is 1.33 bits per heavy atom. The maximum absolute atomic E-state index is 13.7. The van der Waals surface area contributed by atoms with Gasteiger partial charge in [0.15, 0.2) is 17.3 Å². The van der Waals surface area contributed by atoms with Gasteiger partial charge in [0, 0.05) is 11.5 Å². The lowest BCUT2D eigenvalue weighted by atomic mass is 9.81. The first-order valence-electron chi connectivity index (χ1n) is 5.61. The summed E-state index contributed by atoms with van der Waals surface area (Å²) in [7, 11) is 1.23. The lowest BCUT2D eigenvalue weighted by Crippen LogP contribution is -2.28. The summed E-state index contributed by atoms with van der Waals surface area (Å²) in [5.74, 6) is -2.23. The fourth-order valence-corrected chi connectivity index (χ4v) is 1.70. The molecule has 0 amide bonds. The molecular formula is C13H17F2NO2. The van der Waals surface area contributed by atoms with Crippen molar-refractivity contribution < 1.29 is 18.3 Å². The number of ether oxygens (including phenoxy) is 1. The average molecular weight is 257 g/mol. The van der Waals surface area contributed by atoms with Crippen LogP contribution < -0.4 is 10.5 Å². The van der Waals surface area contributed by atoms with E-state index in [1.165, 1.54) is 7.11 Å². The van der Waals surface area contributed by atoms with Gasteiger partial charge in [-0.3, -0.25) is 4.79 Å². The van der Waals surface area contributed by atoms with Gasteiger partial charge in [-0.25, -0.2) is 8.78 Å². The van der Waals surface area contributed by atoms with E-state index in [0.717, 1.165) is 12.1 Å².